The second kappa shape index (κ2) is 5.43. The lowest BCUT2D eigenvalue weighted by Crippen LogP contribution is -2.47. The van der Waals surface area contributed by atoms with Crippen LogP contribution in [0.15, 0.2) is 0 Å². The van der Waals surface area contributed by atoms with Gasteiger partial charge in [-0.05, 0) is 39.9 Å². The summed E-state index contributed by atoms with van der Waals surface area (Å²) in [5, 5.41) is 19.5. The summed E-state index contributed by atoms with van der Waals surface area (Å²) in [6, 6.07) is 0. The van der Waals surface area contributed by atoms with Crippen LogP contribution in [-0.2, 0) is 4.43 Å². The molecule has 0 fully saturated rings. The fourth-order valence-electron chi connectivity index (χ4n) is 1.57. The van der Waals surface area contributed by atoms with Crippen LogP contribution in [0.2, 0.25) is 19.6 Å². The Labute approximate surface area is 94.6 Å². The Morgan fingerprint density at radius 3 is 2.00 bits per heavy atom. The van der Waals surface area contributed by atoms with E-state index in [1.54, 1.807) is 0 Å². The minimum absolute atomic E-state index is 0.383. The van der Waals surface area contributed by atoms with Crippen LogP contribution in [0.1, 0.15) is 33.6 Å². The highest BCUT2D eigenvalue weighted by atomic mass is 28.4. The summed E-state index contributed by atoms with van der Waals surface area (Å²) in [6.07, 6.45) is -0.00247. The molecule has 0 aromatic rings. The first-order valence-electron chi connectivity index (χ1n) is 5.65. The van der Waals surface area contributed by atoms with Gasteiger partial charge in [0.15, 0.2) is 8.32 Å². The van der Waals surface area contributed by atoms with Crippen molar-refractivity contribution in [3.63, 3.8) is 0 Å². The monoisotopic (exact) mass is 234 g/mol. The fraction of sp³-hybridized carbons (Fsp3) is 1.00. The molecule has 0 aliphatic heterocycles. The number of hydrogen-bond donors (Lipinski definition) is 2. The molecular formula is C11H26O3Si. The van der Waals surface area contributed by atoms with Crippen LogP contribution in [0.4, 0.5) is 0 Å². The molecule has 3 nitrogen and oxygen atoms in total. The zero-order valence-electron chi connectivity index (χ0n) is 10.9. The maximum Gasteiger partial charge on any atom is 0.184 e. The lowest BCUT2D eigenvalue weighted by atomic mass is 9.96. The Morgan fingerprint density at radius 2 is 1.67 bits per heavy atom. The topological polar surface area (TPSA) is 49.7 Å². The molecule has 0 rings (SSSR count). The van der Waals surface area contributed by atoms with Gasteiger partial charge in [-0.1, -0.05) is 6.92 Å². The van der Waals surface area contributed by atoms with Crippen LogP contribution in [0.25, 0.3) is 0 Å². The third-order valence-electron chi connectivity index (χ3n) is 2.34. The fourth-order valence-corrected chi connectivity index (χ4v) is 3.28. The highest BCUT2D eigenvalue weighted by molar-refractivity contribution is 6.69. The zero-order valence-corrected chi connectivity index (χ0v) is 11.9. The average molecular weight is 234 g/mol. The second-order valence-corrected chi connectivity index (χ2v) is 10.1. The van der Waals surface area contributed by atoms with Crippen molar-refractivity contribution in [3.05, 3.63) is 0 Å². The zero-order chi connectivity index (χ0) is 12.3. The maximum absolute atomic E-state index is 9.98. The number of aliphatic hydroxyl groups excluding tert-OH is 2. The first-order valence-corrected chi connectivity index (χ1v) is 9.05. The Morgan fingerprint density at radius 1 is 1.20 bits per heavy atom. The normalized spacial score (nSPS) is 17.6. The summed E-state index contributed by atoms with van der Waals surface area (Å²) in [7, 11) is -1.66. The highest BCUT2D eigenvalue weighted by Crippen LogP contribution is 2.24. The van der Waals surface area contributed by atoms with Gasteiger partial charge in [0, 0.05) is 6.42 Å². The predicted octanol–water partition coefficient (Wildman–Crippen LogP) is 2.14. The molecule has 0 heterocycles. The third-order valence-corrected chi connectivity index (χ3v) is 3.48. The van der Waals surface area contributed by atoms with Crippen LogP contribution in [0, 0.1) is 0 Å². The SMILES string of the molecule is CCC(O)CC(O)C(C)(C)O[Si](C)(C)C. The van der Waals surface area contributed by atoms with E-state index in [0.29, 0.717) is 12.8 Å². The van der Waals surface area contributed by atoms with Gasteiger partial charge in [-0.2, -0.15) is 0 Å². The van der Waals surface area contributed by atoms with Gasteiger partial charge in [0.25, 0.3) is 0 Å². The van der Waals surface area contributed by atoms with E-state index in [4.69, 9.17) is 4.43 Å². The van der Waals surface area contributed by atoms with Crippen LogP contribution in [0.5, 0.6) is 0 Å². The van der Waals surface area contributed by atoms with E-state index in [0.717, 1.165) is 0 Å². The van der Waals surface area contributed by atoms with Gasteiger partial charge in [0.1, 0.15) is 0 Å². The molecule has 0 aromatic heterocycles. The second-order valence-electron chi connectivity index (χ2n) is 5.63. The van der Waals surface area contributed by atoms with Gasteiger partial charge in [-0.3, -0.25) is 0 Å². The van der Waals surface area contributed by atoms with E-state index in [9.17, 15) is 10.2 Å². The molecule has 0 aliphatic carbocycles. The Hall–Kier alpha value is 0.0969. The van der Waals surface area contributed by atoms with Gasteiger partial charge < -0.3 is 14.6 Å². The maximum atomic E-state index is 9.98. The summed E-state index contributed by atoms with van der Waals surface area (Å²) in [4.78, 5) is 0. The van der Waals surface area contributed by atoms with Crippen molar-refractivity contribution in [2.45, 2.75) is 71.1 Å². The molecule has 15 heavy (non-hydrogen) atoms. The molecule has 0 saturated heterocycles. The lowest BCUT2D eigenvalue weighted by molar-refractivity contribution is -0.0564. The summed E-state index contributed by atoms with van der Waals surface area (Å²) in [6.45, 7) is 12.0. The van der Waals surface area contributed by atoms with E-state index in [1.165, 1.54) is 0 Å². The Kier molecular flexibility index (Phi) is 5.47. The van der Waals surface area contributed by atoms with Crippen molar-refractivity contribution in [2.24, 2.45) is 0 Å². The molecular weight excluding hydrogens is 208 g/mol. The minimum atomic E-state index is -1.66. The molecule has 0 aromatic carbocycles. The standard InChI is InChI=1S/C11H26O3Si/c1-7-9(12)8-10(13)11(2,3)14-15(4,5)6/h9-10,12-13H,7-8H2,1-6H3. The number of rotatable bonds is 6. The molecule has 4 heteroatoms. The molecule has 92 valence electrons. The van der Waals surface area contributed by atoms with Crippen molar-refractivity contribution in [3.8, 4) is 0 Å². The summed E-state index contributed by atoms with van der Waals surface area (Å²) in [5.74, 6) is 0. The number of aliphatic hydroxyl groups is 2. The van der Waals surface area contributed by atoms with E-state index >= 15 is 0 Å². The average Bonchev–Trinajstić information content (AvgIpc) is 1.99. The first kappa shape index (κ1) is 15.1. The van der Waals surface area contributed by atoms with Crippen LogP contribution in [0.3, 0.4) is 0 Å². The third kappa shape index (κ3) is 6.30. The van der Waals surface area contributed by atoms with Gasteiger partial charge >= 0.3 is 0 Å². The van der Waals surface area contributed by atoms with Crippen molar-refractivity contribution >= 4 is 8.32 Å². The van der Waals surface area contributed by atoms with Crippen molar-refractivity contribution in [1.29, 1.82) is 0 Å². The van der Waals surface area contributed by atoms with Crippen molar-refractivity contribution in [2.75, 3.05) is 0 Å². The van der Waals surface area contributed by atoms with E-state index in [2.05, 4.69) is 19.6 Å². The Balaban J connectivity index is 4.32. The highest BCUT2D eigenvalue weighted by Gasteiger charge is 2.34. The summed E-state index contributed by atoms with van der Waals surface area (Å²) in [5.41, 5.74) is -0.569. The molecule has 0 radical (unpaired) electrons. The molecule has 0 spiro atoms. The van der Waals surface area contributed by atoms with Gasteiger partial charge in [0.2, 0.25) is 0 Å². The predicted molar refractivity (Wildman–Crippen MR) is 65.4 cm³/mol. The summed E-state index contributed by atoms with van der Waals surface area (Å²) >= 11 is 0. The van der Waals surface area contributed by atoms with Gasteiger partial charge in [-0.25, -0.2) is 0 Å². The van der Waals surface area contributed by atoms with Gasteiger partial charge in [0.05, 0.1) is 17.8 Å². The molecule has 0 aliphatic rings. The first-order chi connectivity index (χ1) is 6.58. The molecule has 0 bridgehead atoms. The summed E-state index contributed by atoms with van der Waals surface area (Å²) < 4.78 is 5.91. The molecule has 0 saturated carbocycles. The number of hydrogen-bond acceptors (Lipinski definition) is 3. The van der Waals surface area contributed by atoms with Crippen molar-refractivity contribution in [1.82, 2.24) is 0 Å². The molecule has 0 amide bonds. The van der Waals surface area contributed by atoms with Crippen LogP contribution >= 0.6 is 0 Å². The van der Waals surface area contributed by atoms with E-state index in [-0.39, 0.29) is 0 Å². The molecule has 2 atom stereocenters. The van der Waals surface area contributed by atoms with Crippen LogP contribution < -0.4 is 0 Å². The van der Waals surface area contributed by atoms with E-state index < -0.39 is 26.1 Å². The van der Waals surface area contributed by atoms with Gasteiger partial charge in [-0.15, -0.1) is 0 Å². The molecule has 2 N–H and O–H groups in total. The van der Waals surface area contributed by atoms with Crippen LogP contribution in [-0.4, -0.2) is 36.3 Å². The van der Waals surface area contributed by atoms with E-state index in [1.807, 2.05) is 20.8 Å². The Bertz CT molecular complexity index is 187. The lowest BCUT2D eigenvalue weighted by Gasteiger charge is -2.37. The minimum Gasteiger partial charge on any atom is -0.410 e. The quantitative estimate of drug-likeness (QED) is 0.692. The van der Waals surface area contributed by atoms with Crippen molar-refractivity contribution < 1.29 is 14.6 Å². The smallest absolute Gasteiger partial charge is 0.184 e. The molecule has 2 unspecified atom stereocenters. The largest absolute Gasteiger partial charge is 0.410 e.